The third kappa shape index (κ3) is 8.81. The van der Waals surface area contributed by atoms with Crippen LogP contribution in [0, 0.1) is 0 Å². The topological polar surface area (TPSA) is 78.1 Å². The van der Waals surface area contributed by atoms with Crippen LogP contribution in [0.1, 0.15) is 0 Å². The summed E-state index contributed by atoms with van der Waals surface area (Å²) in [5, 5.41) is 6.01. The zero-order valence-electron chi connectivity index (χ0n) is 20.5. The molecule has 0 aliphatic carbocycles. The molecule has 0 fully saturated rings. The van der Waals surface area contributed by atoms with Crippen molar-refractivity contribution in [3.05, 3.63) is 109 Å². The highest BCUT2D eigenvalue weighted by Crippen LogP contribution is 2.24. The van der Waals surface area contributed by atoms with Gasteiger partial charge in [0, 0.05) is 5.69 Å². The number of hydrogen-bond acceptors (Lipinski definition) is 6. The lowest BCUT2D eigenvalue weighted by Gasteiger charge is -2.14. The van der Waals surface area contributed by atoms with E-state index in [-0.39, 0.29) is 12.5 Å². The molecule has 0 saturated heterocycles. The number of nitrogens with one attached hydrogen (secondary N) is 2. The Balaban J connectivity index is 1.16. The fraction of sp³-hybridized carbons (Fsp3) is 0.167. The van der Waals surface area contributed by atoms with Gasteiger partial charge in [-0.25, -0.2) is 0 Å². The summed E-state index contributed by atoms with van der Waals surface area (Å²) in [5.41, 5.74) is 1.42. The van der Waals surface area contributed by atoms with Crippen molar-refractivity contribution >= 4 is 17.3 Å². The second-order valence-corrected chi connectivity index (χ2v) is 7.94. The minimum atomic E-state index is -0.185. The number of benzene rings is 4. The van der Waals surface area contributed by atoms with E-state index in [2.05, 4.69) is 10.6 Å². The van der Waals surface area contributed by atoms with Crippen molar-refractivity contribution in [2.45, 2.75) is 0 Å². The summed E-state index contributed by atoms with van der Waals surface area (Å²) in [4.78, 5) is 12.5. The minimum Gasteiger partial charge on any atom is -0.490 e. The van der Waals surface area contributed by atoms with E-state index >= 15 is 0 Å². The molecule has 0 heterocycles. The van der Waals surface area contributed by atoms with Crippen molar-refractivity contribution in [2.75, 3.05) is 43.6 Å². The van der Waals surface area contributed by atoms with Crippen molar-refractivity contribution in [1.29, 1.82) is 0 Å². The first-order valence-corrected chi connectivity index (χ1v) is 12.1. The standard InChI is InChI=1S/C30H30N2O5/c33-30(32-28-13-7-8-14-29(28)37-22-21-35-26-11-5-2-6-12-26)23-31-24-15-17-27(18-16-24)36-20-19-34-25-9-3-1-4-10-25/h1-18,31H,19-23H2,(H,32,33). The average molecular weight is 499 g/mol. The molecule has 37 heavy (non-hydrogen) atoms. The lowest BCUT2D eigenvalue weighted by molar-refractivity contribution is -0.114. The SMILES string of the molecule is O=C(CNc1ccc(OCCOc2ccccc2)cc1)Nc1ccccc1OCCOc1ccccc1. The second-order valence-electron chi connectivity index (χ2n) is 7.94. The fourth-order valence-electron chi connectivity index (χ4n) is 3.41. The number of para-hydroxylation sites is 4. The second kappa shape index (κ2) is 14.0. The van der Waals surface area contributed by atoms with Gasteiger partial charge in [0.05, 0.1) is 12.2 Å². The van der Waals surface area contributed by atoms with Crippen LogP contribution in [0.5, 0.6) is 23.0 Å². The van der Waals surface area contributed by atoms with Crippen LogP contribution in [-0.2, 0) is 4.79 Å². The third-order valence-electron chi connectivity index (χ3n) is 5.19. The van der Waals surface area contributed by atoms with Crippen molar-refractivity contribution in [1.82, 2.24) is 0 Å². The summed E-state index contributed by atoms with van der Waals surface area (Å²) in [7, 11) is 0. The van der Waals surface area contributed by atoms with Crippen molar-refractivity contribution in [2.24, 2.45) is 0 Å². The summed E-state index contributed by atoms with van der Waals surface area (Å²) < 4.78 is 22.8. The molecular weight excluding hydrogens is 468 g/mol. The Morgan fingerprint density at radius 2 is 1.03 bits per heavy atom. The molecule has 4 rings (SSSR count). The van der Waals surface area contributed by atoms with Crippen LogP contribution in [0.25, 0.3) is 0 Å². The van der Waals surface area contributed by atoms with Gasteiger partial charge < -0.3 is 29.6 Å². The first-order chi connectivity index (χ1) is 18.3. The van der Waals surface area contributed by atoms with Crippen molar-refractivity contribution in [3.8, 4) is 23.0 Å². The van der Waals surface area contributed by atoms with Gasteiger partial charge in [-0.3, -0.25) is 4.79 Å². The van der Waals surface area contributed by atoms with E-state index in [1.54, 1.807) is 6.07 Å². The average Bonchev–Trinajstić information content (AvgIpc) is 2.95. The van der Waals surface area contributed by atoms with Gasteiger partial charge in [0.25, 0.3) is 0 Å². The first-order valence-electron chi connectivity index (χ1n) is 12.1. The molecule has 0 unspecified atom stereocenters. The molecule has 190 valence electrons. The molecule has 0 aliphatic heterocycles. The molecule has 4 aromatic rings. The molecule has 1 amide bonds. The molecular formula is C30H30N2O5. The molecule has 0 bridgehead atoms. The van der Waals surface area contributed by atoms with Crippen LogP contribution in [0.2, 0.25) is 0 Å². The fourth-order valence-corrected chi connectivity index (χ4v) is 3.41. The Hall–Kier alpha value is -4.65. The summed E-state index contributed by atoms with van der Waals surface area (Å²) in [6.07, 6.45) is 0. The smallest absolute Gasteiger partial charge is 0.243 e. The zero-order chi connectivity index (χ0) is 25.5. The number of carbonyl (C=O) groups excluding carboxylic acids is 1. The van der Waals surface area contributed by atoms with Gasteiger partial charge >= 0.3 is 0 Å². The van der Waals surface area contributed by atoms with Gasteiger partial charge in [-0.1, -0.05) is 48.5 Å². The van der Waals surface area contributed by atoms with Crippen molar-refractivity contribution in [3.63, 3.8) is 0 Å². The van der Waals surface area contributed by atoms with E-state index in [1.165, 1.54) is 0 Å². The normalized spacial score (nSPS) is 10.3. The number of carbonyl (C=O) groups is 1. The quantitative estimate of drug-likeness (QED) is 0.219. The van der Waals surface area contributed by atoms with Gasteiger partial charge in [-0.05, 0) is 60.7 Å². The highest BCUT2D eigenvalue weighted by atomic mass is 16.5. The van der Waals surface area contributed by atoms with E-state index in [9.17, 15) is 4.79 Å². The third-order valence-corrected chi connectivity index (χ3v) is 5.19. The summed E-state index contributed by atoms with van der Waals surface area (Å²) in [6, 6.07) is 33.9. The highest BCUT2D eigenvalue weighted by molar-refractivity contribution is 5.95. The van der Waals surface area contributed by atoms with Crippen LogP contribution in [-0.4, -0.2) is 38.9 Å². The van der Waals surface area contributed by atoms with E-state index in [4.69, 9.17) is 18.9 Å². The molecule has 4 aromatic carbocycles. The lowest BCUT2D eigenvalue weighted by atomic mass is 10.3. The molecule has 2 N–H and O–H groups in total. The molecule has 0 spiro atoms. The monoisotopic (exact) mass is 498 g/mol. The van der Waals surface area contributed by atoms with Crippen LogP contribution >= 0.6 is 0 Å². The number of amides is 1. The highest BCUT2D eigenvalue weighted by Gasteiger charge is 2.08. The van der Waals surface area contributed by atoms with Crippen LogP contribution in [0.4, 0.5) is 11.4 Å². The molecule has 0 radical (unpaired) electrons. The maximum absolute atomic E-state index is 12.5. The molecule has 7 heteroatoms. The number of rotatable bonds is 14. The predicted octanol–water partition coefficient (Wildman–Crippen LogP) is 5.65. The molecule has 0 aliphatic rings. The van der Waals surface area contributed by atoms with Crippen LogP contribution in [0.15, 0.2) is 109 Å². The van der Waals surface area contributed by atoms with Crippen LogP contribution < -0.4 is 29.6 Å². The molecule has 0 atom stereocenters. The van der Waals surface area contributed by atoms with Crippen LogP contribution in [0.3, 0.4) is 0 Å². The van der Waals surface area contributed by atoms with E-state index in [0.717, 1.165) is 22.9 Å². The Labute approximate surface area is 217 Å². The molecule has 0 saturated carbocycles. The van der Waals surface area contributed by atoms with E-state index in [0.29, 0.717) is 37.9 Å². The Kier molecular flexibility index (Phi) is 9.66. The Morgan fingerprint density at radius 1 is 0.541 bits per heavy atom. The lowest BCUT2D eigenvalue weighted by Crippen LogP contribution is -2.22. The van der Waals surface area contributed by atoms with Gasteiger partial charge in [-0.15, -0.1) is 0 Å². The van der Waals surface area contributed by atoms with Gasteiger partial charge in [0.2, 0.25) is 5.91 Å². The van der Waals surface area contributed by atoms with Gasteiger partial charge in [0.1, 0.15) is 49.4 Å². The molecule has 0 aromatic heterocycles. The Morgan fingerprint density at radius 3 is 1.62 bits per heavy atom. The number of hydrogen-bond donors (Lipinski definition) is 2. The number of anilines is 2. The van der Waals surface area contributed by atoms with Gasteiger partial charge in [-0.2, -0.15) is 0 Å². The van der Waals surface area contributed by atoms with Crippen molar-refractivity contribution < 1.29 is 23.7 Å². The Bertz CT molecular complexity index is 1220. The summed E-state index contributed by atoms with van der Waals surface area (Å²) >= 11 is 0. The maximum atomic E-state index is 12.5. The van der Waals surface area contributed by atoms with E-state index < -0.39 is 0 Å². The summed E-state index contributed by atoms with van der Waals surface area (Å²) in [6.45, 7) is 1.75. The largest absolute Gasteiger partial charge is 0.490 e. The number of ether oxygens (including phenoxy) is 4. The summed E-state index contributed by atoms with van der Waals surface area (Å²) in [5.74, 6) is 2.74. The zero-order valence-corrected chi connectivity index (χ0v) is 20.5. The molecule has 7 nitrogen and oxygen atoms in total. The maximum Gasteiger partial charge on any atom is 0.243 e. The predicted molar refractivity (Wildman–Crippen MR) is 145 cm³/mol. The minimum absolute atomic E-state index is 0.108. The van der Waals surface area contributed by atoms with Gasteiger partial charge in [0.15, 0.2) is 0 Å². The van der Waals surface area contributed by atoms with E-state index in [1.807, 2.05) is 103 Å². The first kappa shape index (κ1) is 25.4.